The van der Waals surface area contributed by atoms with Gasteiger partial charge < -0.3 is 4.98 Å². The molecule has 30 heavy (non-hydrogen) atoms. The van der Waals surface area contributed by atoms with Gasteiger partial charge in [0.2, 0.25) is 0 Å². The molecule has 0 amide bonds. The third-order valence-corrected chi connectivity index (χ3v) is 6.29. The van der Waals surface area contributed by atoms with Crippen LogP contribution < -0.4 is 0 Å². The van der Waals surface area contributed by atoms with Crippen LogP contribution in [0.15, 0.2) is 54.6 Å². The lowest BCUT2D eigenvalue weighted by Crippen LogP contribution is -1.97. The summed E-state index contributed by atoms with van der Waals surface area (Å²) >= 11 is 6.26. The van der Waals surface area contributed by atoms with E-state index < -0.39 is 0 Å². The Morgan fingerprint density at radius 1 is 0.767 bits per heavy atom. The Labute approximate surface area is 184 Å². The van der Waals surface area contributed by atoms with Crippen LogP contribution in [-0.2, 0) is 19.3 Å². The number of hydrogen-bond acceptors (Lipinski definition) is 1. The smallest absolute Gasteiger partial charge is 0.107 e. The molecule has 0 unspecified atom stereocenters. The number of aromatic nitrogens is 2. The average molecular weight is 419 g/mol. The molecule has 3 heteroatoms. The minimum atomic E-state index is 0.721. The number of nitrogens with one attached hydrogen (secondary N) is 1. The first-order chi connectivity index (χ1) is 14.7. The summed E-state index contributed by atoms with van der Waals surface area (Å²) in [6.07, 6.45) is 10.8. The van der Waals surface area contributed by atoms with E-state index in [0.717, 1.165) is 41.1 Å². The van der Waals surface area contributed by atoms with E-state index >= 15 is 0 Å². The number of aryl methyl sites for hydroxylation is 3. The van der Waals surface area contributed by atoms with Crippen LogP contribution in [0.2, 0.25) is 5.02 Å². The van der Waals surface area contributed by atoms with E-state index in [2.05, 4.69) is 53.3 Å². The SMILES string of the molecule is CCCCCCc1cc2ccccc2cc1CCCCc1nc2c(Cl)cccc2[nH]1. The first kappa shape index (κ1) is 20.9. The zero-order valence-corrected chi connectivity index (χ0v) is 18.6. The molecule has 0 radical (unpaired) electrons. The van der Waals surface area contributed by atoms with Crippen LogP contribution in [0.25, 0.3) is 21.8 Å². The van der Waals surface area contributed by atoms with Gasteiger partial charge in [0.15, 0.2) is 0 Å². The number of halogens is 1. The van der Waals surface area contributed by atoms with Crippen molar-refractivity contribution in [3.63, 3.8) is 0 Å². The second-order valence-corrected chi connectivity index (χ2v) is 8.71. The number of aromatic amines is 1. The van der Waals surface area contributed by atoms with Crippen molar-refractivity contribution in [1.29, 1.82) is 0 Å². The number of hydrogen-bond donors (Lipinski definition) is 1. The number of unbranched alkanes of at least 4 members (excludes halogenated alkanes) is 4. The molecule has 0 spiro atoms. The average Bonchev–Trinajstić information content (AvgIpc) is 3.19. The Kier molecular flexibility index (Phi) is 7.07. The molecule has 0 aliphatic heterocycles. The molecule has 0 aliphatic carbocycles. The highest BCUT2D eigenvalue weighted by molar-refractivity contribution is 6.34. The fourth-order valence-corrected chi connectivity index (χ4v) is 4.53. The van der Waals surface area contributed by atoms with Crippen molar-refractivity contribution >= 4 is 33.4 Å². The van der Waals surface area contributed by atoms with Crippen molar-refractivity contribution < 1.29 is 0 Å². The lowest BCUT2D eigenvalue weighted by molar-refractivity contribution is 0.660. The summed E-state index contributed by atoms with van der Waals surface area (Å²) in [6.45, 7) is 2.28. The molecule has 0 bridgehead atoms. The summed E-state index contributed by atoms with van der Waals surface area (Å²) in [5.41, 5.74) is 4.98. The van der Waals surface area contributed by atoms with Crippen molar-refractivity contribution in [3.8, 4) is 0 Å². The van der Waals surface area contributed by atoms with E-state index in [1.807, 2.05) is 18.2 Å². The maximum atomic E-state index is 6.26. The maximum absolute atomic E-state index is 6.26. The summed E-state index contributed by atoms with van der Waals surface area (Å²) in [5.74, 6) is 1.04. The number of imidazole rings is 1. The van der Waals surface area contributed by atoms with Crippen LogP contribution in [0.3, 0.4) is 0 Å². The predicted octanol–water partition coefficient (Wildman–Crippen LogP) is 8.06. The maximum Gasteiger partial charge on any atom is 0.107 e. The Hall–Kier alpha value is -2.32. The molecule has 4 rings (SSSR count). The van der Waals surface area contributed by atoms with Crippen LogP contribution in [0.5, 0.6) is 0 Å². The standard InChI is InChI=1S/C27H31ClN2/c1-2-3-4-5-11-20-18-21-12-6-7-13-22(21)19-23(20)14-8-9-17-26-29-25-16-10-15-24(28)27(25)30-26/h6-7,10,12-13,15-16,18-19H,2-5,8-9,11,14,17H2,1H3,(H,29,30). The molecule has 156 valence electrons. The van der Waals surface area contributed by atoms with Crippen molar-refractivity contribution in [2.45, 2.75) is 64.7 Å². The van der Waals surface area contributed by atoms with Crippen LogP contribution in [0.1, 0.15) is 62.4 Å². The molecular formula is C27H31ClN2. The summed E-state index contributed by atoms with van der Waals surface area (Å²) in [4.78, 5) is 8.10. The number of fused-ring (bicyclic) bond motifs is 2. The Balaban J connectivity index is 1.40. The van der Waals surface area contributed by atoms with Gasteiger partial charge in [-0.3, -0.25) is 0 Å². The normalized spacial score (nSPS) is 11.5. The molecule has 1 aromatic heterocycles. The second-order valence-electron chi connectivity index (χ2n) is 8.31. The van der Waals surface area contributed by atoms with Gasteiger partial charge in [0.25, 0.3) is 0 Å². The lowest BCUT2D eigenvalue weighted by atomic mass is 9.93. The molecule has 0 atom stereocenters. The topological polar surface area (TPSA) is 28.7 Å². The van der Waals surface area contributed by atoms with Crippen molar-refractivity contribution in [2.24, 2.45) is 0 Å². The third-order valence-electron chi connectivity index (χ3n) is 5.99. The monoisotopic (exact) mass is 418 g/mol. The lowest BCUT2D eigenvalue weighted by Gasteiger charge is -2.12. The number of rotatable bonds is 10. The minimum absolute atomic E-state index is 0.721. The first-order valence-corrected chi connectivity index (χ1v) is 11.8. The van der Waals surface area contributed by atoms with Crippen LogP contribution in [-0.4, -0.2) is 9.97 Å². The second kappa shape index (κ2) is 10.1. The van der Waals surface area contributed by atoms with Crippen LogP contribution >= 0.6 is 11.6 Å². The summed E-state index contributed by atoms with van der Waals surface area (Å²) in [7, 11) is 0. The van der Waals surface area contributed by atoms with Gasteiger partial charge in [-0.25, -0.2) is 4.98 Å². The van der Waals surface area contributed by atoms with E-state index in [1.165, 1.54) is 54.9 Å². The van der Waals surface area contributed by atoms with Crippen LogP contribution in [0.4, 0.5) is 0 Å². The third kappa shape index (κ3) is 5.05. The van der Waals surface area contributed by atoms with E-state index in [1.54, 1.807) is 5.56 Å². The zero-order chi connectivity index (χ0) is 20.8. The molecule has 3 aromatic carbocycles. The summed E-state index contributed by atoms with van der Waals surface area (Å²) in [6, 6.07) is 19.5. The fourth-order valence-electron chi connectivity index (χ4n) is 4.32. The van der Waals surface area contributed by atoms with Crippen LogP contribution in [0, 0.1) is 0 Å². The van der Waals surface area contributed by atoms with Gasteiger partial charge in [-0.2, -0.15) is 0 Å². The Bertz CT molecular complexity index is 1110. The molecule has 0 aliphatic rings. The Morgan fingerprint density at radius 3 is 2.10 bits per heavy atom. The van der Waals surface area contributed by atoms with Gasteiger partial charge in [0, 0.05) is 6.42 Å². The van der Waals surface area contributed by atoms with E-state index in [9.17, 15) is 0 Å². The fraction of sp³-hybridized carbons (Fsp3) is 0.370. The zero-order valence-electron chi connectivity index (χ0n) is 17.9. The summed E-state index contributed by atoms with van der Waals surface area (Å²) in [5, 5.41) is 3.45. The van der Waals surface area contributed by atoms with Gasteiger partial charge in [-0.1, -0.05) is 80.3 Å². The highest BCUT2D eigenvalue weighted by atomic mass is 35.5. The molecule has 2 nitrogen and oxygen atoms in total. The van der Waals surface area contributed by atoms with Crippen molar-refractivity contribution in [1.82, 2.24) is 9.97 Å². The van der Waals surface area contributed by atoms with E-state index in [-0.39, 0.29) is 0 Å². The Morgan fingerprint density at radius 2 is 1.43 bits per heavy atom. The van der Waals surface area contributed by atoms with Gasteiger partial charge in [-0.15, -0.1) is 0 Å². The molecule has 0 saturated heterocycles. The van der Waals surface area contributed by atoms with E-state index in [0.29, 0.717) is 0 Å². The molecule has 4 aromatic rings. The molecule has 0 fully saturated rings. The number of nitrogens with zero attached hydrogens (tertiary/aromatic N) is 1. The first-order valence-electron chi connectivity index (χ1n) is 11.4. The van der Waals surface area contributed by atoms with Gasteiger partial charge in [-0.05, 0) is 66.1 Å². The number of benzene rings is 3. The van der Waals surface area contributed by atoms with Gasteiger partial charge >= 0.3 is 0 Å². The number of para-hydroxylation sites is 1. The minimum Gasteiger partial charge on any atom is -0.342 e. The molecule has 0 saturated carbocycles. The largest absolute Gasteiger partial charge is 0.342 e. The highest BCUT2D eigenvalue weighted by Gasteiger charge is 2.08. The van der Waals surface area contributed by atoms with E-state index in [4.69, 9.17) is 11.6 Å². The molecular weight excluding hydrogens is 388 g/mol. The van der Waals surface area contributed by atoms with Crippen molar-refractivity contribution in [2.75, 3.05) is 0 Å². The van der Waals surface area contributed by atoms with Gasteiger partial charge in [0.05, 0.1) is 10.5 Å². The number of H-pyrrole nitrogens is 1. The molecule has 1 heterocycles. The molecule has 1 N–H and O–H groups in total. The van der Waals surface area contributed by atoms with Gasteiger partial charge in [0.1, 0.15) is 11.3 Å². The predicted molar refractivity (Wildman–Crippen MR) is 130 cm³/mol. The summed E-state index contributed by atoms with van der Waals surface area (Å²) < 4.78 is 0. The van der Waals surface area contributed by atoms with Crippen molar-refractivity contribution in [3.05, 3.63) is 76.6 Å². The highest BCUT2D eigenvalue weighted by Crippen LogP contribution is 2.25. The quantitative estimate of drug-likeness (QED) is 0.259.